The van der Waals surface area contributed by atoms with E-state index in [2.05, 4.69) is 9.98 Å². The van der Waals surface area contributed by atoms with Gasteiger partial charge in [-0.15, -0.1) is 11.3 Å². The Kier molecular flexibility index (Phi) is 8.02. The van der Waals surface area contributed by atoms with Crippen LogP contribution in [0.15, 0.2) is 35.6 Å². The molecule has 228 valence electrons. The highest BCUT2D eigenvalue weighted by atomic mass is 35.5. The second kappa shape index (κ2) is 11.8. The number of nitrogens with two attached hydrogens (primary N) is 1. The molecular weight excluding hydrogens is 610 g/mol. The van der Waals surface area contributed by atoms with Gasteiger partial charge in [0.15, 0.2) is 5.82 Å². The Morgan fingerprint density at radius 3 is 2.75 bits per heavy atom. The van der Waals surface area contributed by atoms with Gasteiger partial charge in [-0.2, -0.15) is 15.2 Å². The third kappa shape index (κ3) is 5.07. The maximum absolute atomic E-state index is 16.9. The van der Waals surface area contributed by atoms with Gasteiger partial charge in [-0.3, -0.25) is 4.99 Å². The molecule has 14 heteroatoms. The first-order valence-electron chi connectivity index (χ1n) is 13.8. The zero-order chi connectivity index (χ0) is 31.3. The number of nitrogens with zero attached hydrogens (tertiary/aromatic N) is 7. The minimum absolute atomic E-state index is 0.0291. The molecule has 0 amide bonds. The smallest absolute Gasteiger partial charge is 0.319 e. The van der Waals surface area contributed by atoms with E-state index >= 15 is 4.39 Å². The van der Waals surface area contributed by atoms with Crippen molar-refractivity contribution in [1.82, 2.24) is 19.8 Å². The van der Waals surface area contributed by atoms with Gasteiger partial charge < -0.3 is 29.9 Å². The largest absolute Gasteiger partial charge is 0.456 e. The number of aliphatic imine (C=N–C) groups is 1. The average Bonchev–Trinajstić information content (AvgIpc) is 3.62. The number of ether oxygens (including phenoxy) is 2. The highest BCUT2D eigenvalue weighted by molar-refractivity contribution is 7.23. The summed E-state index contributed by atoms with van der Waals surface area (Å²) in [7, 11) is 5.70. The molecule has 4 aromatic rings. The van der Waals surface area contributed by atoms with Gasteiger partial charge in [-0.1, -0.05) is 17.7 Å². The molecule has 2 aliphatic rings. The summed E-state index contributed by atoms with van der Waals surface area (Å²) in [4.78, 5) is 19.4. The molecule has 6 rings (SSSR count). The fraction of sp³-hybridized carbons (Fsp3) is 0.333. The molecule has 2 N–H and O–H groups in total. The molecule has 0 unspecified atom stereocenters. The van der Waals surface area contributed by atoms with Crippen LogP contribution in [0.25, 0.3) is 32.1 Å². The van der Waals surface area contributed by atoms with E-state index in [4.69, 9.17) is 31.8 Å². The molecule has 2 aromatic heterocycles. The van der Waals surface area contributed by atoms with Crippen molar-refractivity contribution >= 4 is 61.0 Å². The molecule has 4 heterocycles. The zero-order valence-corrected chi connectivity index (χ0v) is 26.0. The minimum atomic E-state index is -0.763. The Morgan fingerprint density at radius 1 is 1.25 bits per heavy atom. The highest BCUT2D eigenvalue weighted by Crippen LogP contribution is 2.45. The maximum Gasteiger partial charge on any atom is 0.319 e. The standard InChI is InChI=1S/C30H29ClF2N8O2S/c1-15(41-9-7-36-8-10-41)40(4)29-17-11-19(31)24(16-5-6-20(32)27-23(16)18(12-34)28(35)44-27)25(33)26(17)37-30(38-29)43-22-14-42-13-21(22)39(2)3/h5-9,11,15,21-22H,10,13-14,35H2,1-4H3/t15-,21-,22-/m0/s1. The fourth-order valence-corrected chi connectivity index (χ4v) is 6.80. The first kappa shape index (κ1) is 30.0. The number of thiophene rings is 1. The molecule has 1 fully saturated rings. The topological polar surface area (TPSA) is 116 Å². The third-order valence-corrected chi connectivity index (χ3v) is 9.40. The zero-order valence-electron chi connectivity index (χ0n) is 24.4. The highest BCUT2D eigenvalue weighted by Gasteiger charge is 2.34. The average molecular weight is 639 g/mol. The number of likely N-dealkylation sites (N-methyl/N-ethyl adjacent to an activating group) is 1. The van der Waals surface area contributed by atoms with E-state index in [1.807, 2.05) is 55.0 Å². The molecule has 3 atom stereocenters. The van der Waals surface area contributed by atoms with Crippen molar-refractivity contribution < 1.29 is 18.3 Å². The Labute approximate surface area is 261 Å². The van der Waals surface area contributed by atoms with E-state index in [1.165, 1.54) is 12.1 Å². The van der Waals surface area contributed by atoms with E-state index < -0.39 is 17.7 Å². The normalized spacial score (nSPS) is 18.8. The monoisotopic (exact) mass is 638 g/mol. The molecule has 10 nitrogen and oxygen atoms in total. The molecule has 2 aliphatic heterocycles. The van der Waals surface area contributed by atoms with E-state index in [9.17, 15) is 9.65 Å². The van der Waals surface area contributed by atoms with E-state index in [-0.39, 0.29) is 60.5 Å². The maximum atomic E-state index is 16.9. The predicted molar refractivity (Wildman–Crippen MR) is 169 cm³/mol. The van der Waals surface area contributed by atoms with Crippen LogP contribution >= 0.6 is 22.9 Å². The van der Waals surface area contributed by atoms with Gasteiger partial charge in [0, 0.05) is 42.0 Å². The second-order valence-corrected chi connectivity index (χ2v) is 12.3. The number of hydrogen-bond donors (Lipinski definition) is 1. The summed E-state index contributed by atoms with van der Waals surface area (Å²) in [6.07, 6.45) is 4.74. The number of fused-ring (bicyclic) bond motifs is 2. The van der Waals surface area contributed by atoms with Crippen molar-refractivity contribution in [2.75, 3.05) is 51.5 Å². The fourth-order valence-electron chi connectivity index (χ4n) is 5.55. The lowest BCUT2D eigenvalue weighted by molar-refractivity contribution is 0.117. The number of aromatic nitrogens is 2. The quantitative estimate of drug-likeness (QED) is 0.290. The molecule has 0 radical (unpaired) electrons. The lowest BCUT2D eigenvalue weighted by Gasteiger charge is -2.36. The molecular formula is C30H29ClF2N8O2S. The summed E-state index contributed by atoms with van der Waals surface area (Å²) < 4.78 is 43.7. The van der Waals surface area contributed by atoms with Crippen LogP contribution in [0.3, 0.4) is 0 Å². The number of anilines is 2. The molecule has 2 aromatic carbocycles. The number of hydrogen-bond acceptors (Lipinski definition) is 11. The molecule has 1 saturated heterocycles. The van der Waals surface area contributed by atoms with Crippen molar-refractivity contribution in [3.05, 3.63) is 52.8 Å². The van der Waals surface area contributed by atoms with E-state index in [0.717, 1.165) is 11.3 Å². The van der Waals surface area contributed by atoms with E-state index in [1.54, 1.807) is 18.5 Å². The Hall–Kier alpha value is -4.09. The first-order valence-corrected chi connectivity index (χ1v) is 15.0. The van der Waals surface area contributed by atoms with Crippen LogP contribution in [0.4, 0.5) is 19.6 Å². The molecule has 0 aliphatic carbocycles. The SMILES string of the molecule is C[C@H](N1C=CN=CC1)N(C)c1nc(O[C@H]2COC[C@@H]2N(C)C)nc2c(F)c(-c3ccc(F)c4sc(N)c(C#N)c34)c(Cl)cc12. The summed E-state index contributed by atoms with van der Waals surface area (Å²) in [5.41, 5.74) is 6.26. The Bertz CT molecular complexity index is 1870. The second-order valence-electron chi connectivity index (χ2n) is 10.8. The molecule has 0 saturated carbocycles. The van der Waals surface area contributed by atoms with Crippen molar-refractivity contribution in [1.29, 1.82) is 5.26 Å². The van der Waals surface area contributed by atoms with Crippen LogP contribution in [-0.2, 0) is 4.74 Å². The van der Waals surface area contributed by atoms with Crippen LogP contribution in [-0.4, -0.2) is 85.2 Å². The van der Waals surface area contributed by atoms with Crippen LogP contribution in [0.5, 0.6) is 6.01 Å². The summed E-state index contributed by atoms with van der Waals surface area (Å²) >= 11 is 7.74. The van der Waals surface area contributed by atoms with Gasteiger partial charge in [0.1, 0.15) is 34.3 Å². The van der Waals surface area contributed by atoms with Crippen LogP contribution in [0.1, 0.15) is 12.5 Å². The van der Waals surface area contributed by atoms with Gasteiger partial charge >= 0.3 is 6.01 Å². The number of benzene rings is 2. The van der Waals surface area contributed by atoms with Gasteiger partial charge in [0.25, 0.3) is 0 Å². The Balaban J connectivity index is 1.56. The van der Waals surface area contributed by atoms with Crippen molar-refractivity contribution in [3.8, 4) is 23.2 Å². The van der Waals surface area contributed by atoms with Crippen LogP contribution in [0.2, 0.25) is 5.02 Å². The van der Waals surface area contributed by atoms with Gasteiger partial charge in [0.2, 0.25) is 0 Å². The summed E-state index contributed by atoms with van der Waals surface area (Å²) in [5, 5.41) is 10.5. The number of halogens is 3. The van der Waals surface area contributed by atoms with Gasteiger partial charge in [-0.05, 0) is 38.7 Å². The number of rotatable bonds is 7. The van der Waals surface area contributed by atoms with Crippen LogP contribution in [0, 0.1) is 23.0 Å². The lowest BCUT2D eigenvalue weighted by atomic mass is 9.97. The third-order valence-electron chi connectivity index (χ3n) is 8.08. The van der Waals surface area contributed by atoms with Gasteiger partial charge in [0.05, 0.1) is 47.3 Å². The lowest BCUT2D eigenvalue weighted by Crippen LogP contribution is -2.44. The van der Waals surface area contributed by atoms with Crippen molar-refractivity contribution in [3.63, 3.8) is 0 Å². The van der Waals surface area contributed by atoms with Crippen LogP contribution < -0.4 is 15.4 Å². The summed E-state index contributed by atoms with van der Waals surface area (Å²) in [6.45, 7) is 3.35. The first-order chi connectivity index (χ1) is 21.1. The van der Waals surface area contributed by atoms with Crippen molar-refractivity contribution in [2.45, 2.75) is 25.2 Å². The van der Waals surface area contributed by atoms with Gasteiger partial charge in [-0.25, -0.2) is 8.78 Å². The number of nitriles is 1. The summed E-state index contributed by atoms with van der Waals surface area (Å²) in [6, 6.07) is 6.14. The minimum Gasteiger partial charge on any atom is -0.456 e. The molecule has 0 bridgehead atoms. The Morgan fingerprint density at radius 2 is 2.05 bits per heavy atom. The van der Waals surface area contributed by atoms with Crippen molar-refractivity contribution in [2.24, 2.45) is 4.99 Å². The molecule has 0 spiro atoms. The van der Waals surface area contributed by atoms with E-state index in [0.29, 0.717) is 31.0 Å². The summed E-state index contributed by atoms with van der Waals surface area (Å²) in [5.74, 6) is -0.940. The number of nitrogen functional groups attached to an aromatic ring is 1. The predicted octanol–water partition coefficient (Wildman–Crippen LogP) is 5.24. The molecule has 44 heavy (non-hydrogen) atoms.